The molecule has 1 fully saturated rings. The van der Waals surface area contributed by atoms with Gasteiger partial charge in [0.1, 0.15) is 4.90 Å². The Balaban J connectivity index is 2.26. The molecule has 1 aromatic heterocycles. The smallest absolute Gasteiger partial charge is 0.244 e. The number of hydrogen-bond donors (Lipinski definition) is 1. The van der Waals surface area contributed by atoms with Gasteiger partial charge >= 0.3 is 0 Å². The van der Waals surface area contributed by atoms with E-state index >= 15 is 0 Å². The second-order valence-corrected chi connectivity index (χ2v) is 6.93. The molecule has 5 nitrogen and oxygen atoms in total. The van der Waals surface area contributed by atoms with Gasteiger partial charge in [-0.25, -0.2) is 8.42 Å². The Bertz CT molecular complexity index is 502. The van der Waals surface area contributed by atoms with Gasteiger partial charge in [0.25, 0.3) is 0 Å². The van der Waals surface area contributed by atoms with Crippen LogP contribution in [0, 0.1) is 0 Å². The molecule has 6 heteroatoms. The lowest BCUT2D eigenvalue weighted by molar-refractivity contribution is 0.131. The Kier molecular flexibility index (Phi) is 4.54. The highest BCUT2D eigenvalue weighted by Crippen LogP contribution is 2.27. The number of aliphatic hydroxyl groups excluding tert-OH is 1. The topological polar surface area (TPSA) is 70.5 Å². The first-order valence-electron chi connectivity index (χ1n) is 6.62. The maximum Gasteiger partial charge on any atom is 0.244 e. The predicted molar refractivity (Wildman–Crippen MR) is 72.1 cm³/mol. The average molecular weight is 284 g/mol. The third-order valence-electron chi connectivity index (χ3n) is 3.43. The highest BCUT2D eigenvalue weighted by molar-refractivity contribution is 7.89. The average Bonchev–Trinajstić information content (AvgIpc) is 2.39. The minimum absolute atomic E-state index is 0.112. The molecule has 1 aromatic rings. The van der Waals surface area contributed by atoms with Crippen LogP contribution in [0.5, 0.6) is 0 Å². The minimum Gasteiger partial charge on any atom is -0.393 e. The molecule has 1 aliphatic rings. The summed E-state index contributed by atoms with van der Waals surface area (Å²) in [5.41, 5.74) is 0. The monoisotopic (exact) mass is 284 g/mol. The summed E-state index contributed by atoms with van der Waals surface area (Å²) >= 11 is 0. The zero-order valence-electron chi connectivity index (χ0n) is 11.1. The van der Waals surface area contributed by atoms with Crippen LogP contribution in [0.3, 0.4) is 0 Å². The summed E-state index contributed by atoms with van der Waals surface area (Å²) in [6, 6.07) is 3.08. The highest BCUT2D eigenvalue weighted by Gasteiger charge is 2.33. The van der Waals surface area contributed by atoms with Gasteiger partial charge in [-0.05, 0) is 38.3 Å². The van der Waals surface area contributed by atoms with Crippen molar-refractivity contribution in [3.63, 3.8) is 0 Å². The normalized spacial score (nSPS) is 23.2. The number of sulfonamides is 1. The van der Waals surface area contributed by atoms with Crippen molar-refractivity contribution in [2.75, 3.05) is 6.54 Å². The van der Waals surface area contributed by atoms with E-state index in [0.29, 0.717) is 13.0 Å². The zero-order valence-corrected chi connectivity index (χ0v) is 11.9. The maximum absolute atomic E-state index is 12.6. The molecule has 0 spiro atoms. The van der Waals surface area contributed by atoms with Gasteiger partial charge in [-0.1, -0.05) is 6.42 Å². The van der Waals surface area contributed by atoms with Crippen molar-refractivity contribution in [2.24, 2.45) is 0 Å². The van der Waals surface area contributed by atoms with E-state index in [1.54, 1.807) is 25.3 Å². The molecule has 0 aliphatic carbocycles. The van der Waals surface area contributed by atoms with Crippen LogP contribution in [-0.2, 0) is 10.0 Å². The number of aromatic nitrogens is 1. The van der Waals surface area contributed by atoms with Gasteiger partial charge < -0.3 is 5.11 Å². The quantitative estimate of drug-likeness (QED) is 0.907. The number of piperidine rings is 1. The van der Waals surface area contributed by atoms with Crippen molar-refractivity contribution in [3.8, 4) is 0 Å². The van der Waals surface area contributed by atoms with E-state index in [1.165, 1.54) is 10.5 Å². The summed E-state index contributed by atoms with van der Waals surface area (Å²) in [5.74, 6) is 0. The van der Waals surface area contributed by atoms with Crippen molar-refractivity contribution < 1.29 is 13.5 Å². The Morgan fingerprint density at radius 3 is 2.95 bits per heavy atom. The van der Waals surface area contributed by atoms with E-state index in [-0.39, 0.29) is 10.9 Å². The molecule has 0 amide bonds. The van der Waals surface area contributed by atoms with Crippen molar-refractivity contribution in [2.45, 2.75) is 49.6 Å². The van der Waals surface area contributed by atoms with E-state index in [9.17, 15) is 13.5 Å². The summed E-state index contributed by atoms with van der Waals surface area (Å²) in [5, 5.41) is 9.52. The van der Waals surface area contributed by atoms with E-state index in [2.05, 4.69) is 4.98 Å². The standard InChI is InChI=1S/C13H20N2O3S/c1-11(16)9-12-5-2-3-8-15(12)19(17,18)13-6-4-7-14-10-13/h4,6-7,10-12,16H,2-3,5,8-9H2,1H3. The lowest BCUT2D eigenvalue weighted by atomic mass is 10.00. The van der Waals surface area contributed by atoms with E-state index in [1.807, 2.05) is 0 Å². The van der Waals surface area contributed by atoms with Gasteiger partial charge in [-0.15, -0.1) is 0 Å². The molecule has 2 rings (SSSR count). The minimum atomic E-state index is -3.50. The molecule has 2 unspecified atom stereocenters. The fourth-order valence-corrected chi connectivity index (χ4v) is 4.22. The highest BCUT2D eigenvalue weighted by atomic mass is 32.2. The summed E-state index contributed by atoms with van der Waals surface area (Å²) in [4.78, 5) is 4.11. The molecule has 1 saturated heterocycles. The zero-order chi connectivity index (χ0) is 13.9. The summed E-state index contributed by atoms with van der Waals surface area (Å²) in [6.45, 7) is 2.22. The number of rotatable bonds is 4. The maximum atomic E-state index is 12.6. The van der Waals surface area contributed by atoms with Crippen LogP contribution in [0.2, 0.25) is 0 Å². The van der Waals surface area contributed by atoms with Crippen LogP contribution >= 0.6 is 0 Å². The summed E-state index contributed by atoms with van der Waals surface area (Å²) < 4.78 is 26.7. The second-order valence-electron chi connectivity index (χ2n) is 5.04. The lowest BCUT2D eigenvalue weighted by Crippen LogP contribution is -2.44. The molecule has 1 N–H and O–H groups in total. The van der Waals surface area contributed by atoms with E-state index < -0.39 is 16.1 Å². The number of nitrogens with zero attached hydrogens (tertiary/aromatic N) is 2. The van der Waals surface area contributed by atoms with Gasteiger partial charge in [0.05, 0.1) is 6.10 Å². The van der Waals surface area contributed by atoms with E-state index in [4.69, 9.17) is 0 Å². The Morgan fingerprint density at radius 1 is 1.53 bits per heavy atom. The number of hydrogen-bond acceptors (Lipinski definition) is 4. The van der Waals surface area contributed by atoms with Crippen LogP contribution < -0.4 is 0 Å². The third kappa shape index (κ3) is 3.32. The van der Waals surface area contributed by atoms with Crippen LogP contribution in [0.15, 0.2) is 29.4 Å². The molecule has 0 bridgehead atoms. The fourth-order valence-electron chi connectivity index (χ4n) is 2.55. The van der Waals surface area contributed by atoms with Crippen molar-refractivity contribution in [1.82, 2.24) is 9.29 Å². The molecule has 1 aliphatic heterocycles. The second kappa shape index (κ2) is 5.98. The van der Waals surface area contributed by atoms with Crippen molar-refractivity contribution in [3.05, 3.63) is 24.5 Å². The van der Waals surface area contributed by atoms with Gasteiger partial charge in [-0.3, -0.25) is 4.98 Å². The van der Waals surface area contributed by atoms with E-state index in [0.717, 1.165) is 19.3 Å². The van der Waals surface area contributed by atoms with Gasteiger partial charge in [0.2, 0.25) is 10.0 Å². The Morgan fingerprint density at radius 2 is 2.32 bits per heavy atom. The number of aliphatic hydroxyl groups is 1. The fraction of sp³-hybridized carbons (Fsp3) is 0.615. The molecular weight excluding hydrogens is 264 g/mol. The molecule has 106 valence electrons. The predicted octanol–water partition coefficient (Wildman–Crippen LogP) is 1.40. The third-order valence-corrected chi connectivity index (χ3v) is 5.36. The molecule has 0 saturated carbocycles. The SMILES string of the molecule is CC(O)CC1CCCCN1S(=O)(=O)c1cccnc1. The van der Waals surface area contributed by atoms with Crippen LogP contribution in [0.4, 0.5) is 0 Å². The molecule has 2 atom stereocenters. The first kappa shape index (κ1) is 14.4. The first-order valence-corrected chi connectivity index (χ1v) is 8.06. The van der Waals surface area contributed by atoms with Crippen molar-refractivity contribution in [1.29, 1.82) is 0 Å². The molecule has 0 aromatic carbocycles. The van der Waals surface area contributed by atoms with Gasteiger partial charge in [0, 0.05) is 25.0 Å². The Hall–Kier alpha value is -0.980. The largest absolute Gasteiger partial charge is 0.393 e. The van der Waals surface area contributed by atoms with Crippen LogP contribution in [0.1, 0.15) is 32.6 Å². The van der Waals surface area contributed by atoms with Crippen LogP contribution in [-0.4, -0.2) is 41.5 Å². The summed E-state index contributed by atoms with van der Waals surface area (Å²) in [6.07, 6.45) is 5.62. The van der Waals surface area contributed by atoms with Gasteiger partial charge in [-0.2, -0.15) is 4.31 Å². The van der Waals surface area contributed by atoms with Crippen molar-refractivity contribution >= 4 is 10.0 Å². The molecule has 19 heavy (non-hydrogen) atoms. The lowest BCUT2D eigenvalue weighted by Gasteiger charge is -2.35. The first-order chi connectivity index (χ1) is 9.01. The van der Waals surface area contributed by atoms with Crippen LogP contribution in [0.25, 0.3) is 0 Å². The number of pyridine rings is 1. The van der Waals surface area contributed by atoms with Gasteiger partial charge in [0.15, 0.2) is 0 Å². The summed E-state index contributed by atoms with van der Waals surface area (Å²) in [7, 11) is -3.50. The Labute approximate surface area is 114 Å². The molecule has 0 radical (unpaired) electrons. The molecule has 2 heterocycles. The molecular formula is C13H20N2O3S.